The molecule has 0 amide bonds. The van der Waals surface area contributed by atoms with Crippen LogP contribution in [0.1, 0.15) is 17.2 Å². The molecule has 0 radical (unpaired) electrons. The van der Waals surface area contributed by atoms with E-state index in [1.807, 2.05) is 10.8 Å². The summed E-state index contributed by atoms with van der Waals surface area (Å²) in [5.41, 5.74) is 4.37. The number of ether oxygens (including phenoxy) is 1. The zero-order chi connectivity index (χ0) is 13.8. The smallest absolute Gasteiger partial charge is 0.387 e. The lowest BCUT2D eigenvalue weighted by Crippen LogP contribution is -2.28. The maximum atomic E-state index is 12.2. The molecule has 7 heteroatoms. The lowest BCUT2D eigenvalue weighted by molar-refractivity contribution is -0.0498. The number of nitrogens with two attached hydrogens (primary N) is 1. The van der Waals surface area contributed by atoms with Crippen molar-refractivity contribution >= 4 is 27.3 Å². The summed E-state index contributed by atoms with van der Waals surface area (Å²) in [6.07, 6.45) is 0. The van der Waals surface area contributed by atoms with E-state index in [2.05, 4.69) is 26.1 Å². The van der Waals surface area contributed by atoms with Crippen LogP contribution in [0.15, 0.2) is 39.5 Å². The molecule has 1 aromatic carbocycles. The largest absolute Gasteiger partial charge is 0.435 e. The van der Waals surface area contributed by atoms with Crippen molar-refractivity contribution in [2.45, 2.75) is 12.7 Å². The summed E-state index contributed by atoms with van der Waals surface area (Å²) in [4.78, 5) is 0. The van der Waals surface area contributed by atoms with Crippen LogP contribution in [-0.4, -0.2) is 6.61 Å². The van der Waals surface area contributed by atoms with E-state index in [1.54, 1.807) is 18.2 Å². The van der Waals surface area contributed by atoms with E-state index in [0.717, 1.165) is 15.6 Å². The number of rotatable bonds is 5. The molecule has 1 aromatic heterocycles. The third-order valence-corrected chi connectivity index (χ3v) is 4.29. The third kappa shape index (κ3) is 3.50. The zero-order valence-corrected chi connectivity index (χ0v) is 12.0. The molecular formula is C12H11BrF2N2OS. The minimum absolute atomic E-state index is 0.110. The molecule has 0 fully saturated rings. The summed E-state index contributed by atoms with van der Waals surface area (Å²) in [5, 5.41) is 3.87. The quantitative estimate of drug-likeness (QED) is 0.640. The Labute approximate surface area is 121 Å². The lowest BCUT2D eigenvalue weighted by Gasteiger charge is -2.17. The maximum absolute atomic E-state index is 12.2. The summed E-state index contributed by atoms with van der Waals surface area (Å²) in [6.45, 7) is -2.84. The van der Waals surface area contributed by atoms with E-state index in [1.165, 1.54) is 17.4 Å². The number of thiophene rings is 1. The molecule has 0 saturated carbocycles. The predicted octanol–water partition coefficient (Wildman–Crippen LogP) is 3.66. The van der Waals surface area contributed by atoms with Gasteiger partial charge in [0.25, 0.3) is 0 Å². The first-order valence-corrected chi connectivity index (χ1v) is 7.08. The predicted molar refractivity (Wildman–Crippen MR) is 74.3 cm³/mol. The Balaban J connectivity index is 2.31. The van der Waals surface area contributed by atoms with E-state index in [-0.39, 0.29) is 11.8 Å². The van der Waals surface area contributed by atoms with E-state index in [4.69, 9.17) is 5.84 Å². The van der Waals surface area contributed by atoms with Gasteiger partial charge in [0.15, 0.2) is 0 Å². The highest BCUT2D eigenvalue weighted by atomic mass is 79.9. The Hall–Kier alpha value is -1.02. The van der Waals surface area contributed by atoms with Crippen LogP contribution in [0.2, 0.25) is 0 Å². The molecule has 0 aliphatic rings. The van der Waals surface area contributed by atoms with Crippen LogP contribution >= 0.6 is 27.3 Å². The van der Waals surface area contributed by atoms with Gasteiger partial charge in [-0.25, -0.2) is 5.43 Å². The van der Waals surface area contributed by atoms with Crippen molar-refractivity contribution in [3.05, 3.63) is 50.6 Å². The molecule has 0 aliphatic carbocycles. The van der Waals surface area contributed by atoms with E-state index in [9.17, 15) is 8.78 Å². The Morgan fingerprint density at radius 2 is 2.11 bits per heavy atom. The first-order chi connectivity index (χ1) is 9.11. The second-order valence-electron chi connectivity index (χ2n) is 3.73. The summed E-state index contributed by atoms with van der Waals surface area (Å²) >= 11 is 4.95. The number of benzene rings is 1. The van der Waals surface area contributed by atoms with E-state index in [0.29, 0.717) is 0 Å². The number of nitrogens with one attached hydrogen (secondary N) is 1. The Morgan fingerprint density at radius 3 is 2.68 bits per heavy atom. The zero-order valence-electron chi connectivity index (χ0n) is 9.65. The van der Waals surface area contributed by atoms with Crippen LogP contribution in [0.4, 0.5) is 8.78 Å². The minimum Gasteiger partial charge on any atom is -0.435 e. The van der Waals surface area contributed by atoms with Crippen LogP contribution < -0.4 is 16.0 Å². The van der Waals surface area contributed by atoms with E-state index >= 15 is 0 Å². The number of hydrazine groups is 1. The maximum Gasteiger partial charge on any atom is 0.387 e. The molecule has 3 nitrogen and oxygen atoms in total. The van der Waals surface area contributed by atoms with Gasteiger partial charge in [-0.3, -0.25) is 5.84 Å². The fourth-order valence-corrected chi connectivity index (χ4v) is 3.29. The fraction of sp³-hybridized carbons (Fsp3) is 0.167. The van der Waals surface area contributed by atoms with Gasteiger partial charge in [-0.05, 0) is 44.6 Å². The van der Waals surface area contributed by atoms with Gasteiger partial charge in [0.2, 0.25) is 0 Å². The van der Waals surface area contributed by atoms with Gasteiger partial charge in [-0.15, -0.1) is 0 Å². The molecule has 0 aliphatic heterocycles. The van der Waals surface area contributed by atoms with Crippen molar-refractivity contribution < 1.29 is 13.5 Å². The molecular weight excluding hydrogens is 338 g/mol. The fourth-order valence-electron chi connectivity index (χ4n) is 1.73. The first-order valence-electron chi connectivity index (χ1n) is 5.34. The average Bonchev–Trinajstić information content (AvgIpc) is 2.77. The summed E-state index contributed by atoms with van der Waals surface area (Å²) in [6, 6.07) is 6.18. The highest BCUT2D eigenvalue weighted by molar-refractivity contribution is 9.10. The summed E-state index contributed by atoms with van der Waals surface area (Å²) < 4.78 is 29.7. The van der Waals surface area contributed by atoms with Gasteiger partial charge in [0.05, 0.1) is 6.04 Å². The molecule has 0 spiro atoms. The molecule has 1 atom stereocenters. The molecule has 0 saturated heterocycles. The van der Waals surface area contributed by atoms with Crippen molar-refractivity contribution in [1.82, 2.24) is 5.43 Å². The van der Waals surface area contributed by atoms with Gasteiger partial charge in [0, 0.05) is 9.85 Å². The van der Waals surface area contributed by atoms with Crippen molar-refractivity contribution in [3.63, 3.8) is 0 Å². The minimum atomic E-state index is -2.84. The molecule has 3 N–H and O–H groups in total. The van der Waals surface area contributed by atoms with Crippen LogP contribution in [0.25, 0.3) is 0 Å². The second-order valence-corrected chi connectivity index (χ2v) is 5.32. The van der Waals surface area contributed by atoms with Gasteiger partial charge in [-0.1, -0.05) is 12.1 Å². The average molecular weight is 349 g/mol. The van der Waals surface area contributed by atoms with Crippen LogP contribution in [0.3, 0.4) is 0 Å². The number of hydrogen-bond acceptors (Lipinski definition) is 4. The molecule has 2 aromatic rings. The summed E-state index contributed by atoms with van der Waals surface area (Å²) in [5.74, 6) is 5.67. The lowest BCUT2D eigenvalue weighted by atomic mass is 10.0. The second kappa shape index (κ2) is 6.42. The van der Waals surface area contributed by atoms with Gasteiger partial charge >= 0.3 is 6.61 Å². The topological polar surface area (TPSA) is 47.3 Å². The van der Waals surface area contributed by atoms with Crippen molar-refractivity contribution in [2.24, 2.45) is 5.84 Å². The molecule has 0 bridgehead atoms. The Bertz CT molecular complexity index is 550. The molecule has 1 unspecified atom stereocenters. The normalized spacial score (nSPS) is 12.7. The first kappa shape index (κ1) is 14.4. The van der Waals surface area contributed by atoms with Crippen molar-refractivity contribution in [1.29, 1.82) is 0 Å². The molecule has 102 valence electrons. The SMILES string of the molecule is NNC(c1cccc(OC(F)F)c1)c1cscc1Br. The third-order valence-electron chi connectivity index (χ3n) is 2.54. The van der Waals surface area contributed by atoms with Gasteiger partial charge < -0.3 is 4.74 Å². The van der Waals surface area contributed by atoms with Crippen LogP contribution in [0.5, 0.6) is 5.75 Å². The Kier molecular flexibility index (Phi) is 4.87. The van der Waals surface area contributed by atoms with E-state index < -0.39 is 6.61 Å². The van der Waals surface area contributed by atoms with Crippen molar-refractivity contribution in [2.75, 3.05) is 0 Å². The number of alkyl halides is 2. The number of hydrogen-bond donors (Lipinski definition) is 2. The Morgan fingerprint density at radius 1 is 1.32 bits per heavy atom. The van der Waals surface area contributed by atoms with Crippen molar-refractivity contribution in [3.8, 4) is 5.75 Å². The van der Waals surface area contributed by atoms with Gasteiger partial charge in [0.1, 0.15) is 5.75 Å². The summed E-state index contributed by atoms with van der Waals surface area (Å²) in [7, 11) is 0. The highest BCUT2D eigenvalue weighted by Gasteiger charge is 2.17. The standard InChI is InChI=1S/C12H11BrF2N2OS/c13-10-6-19-5-9(10)11(17-16)7-2-1-3-8(4-7)18-12(14)15/h1-6,11-12,17H,16H2. The highest BCUT2D eigenvalue weighted by Crippen LogP contribution is 2.32. The van der Waals surface area contributed by atoms with Gasteiger partial charge in [-0.2, -0.15) is 20.1 Å². The van der Waals surface area contributed by atoms with Crippen LogP contribution in [-0.2, 0) is 0 Å². The number of halogens is 3. The molecule has 2 rings (SSSR count). The monoisotopic (exact) mass is 348 g/mol. The molecule has 19 heavy (non-hydrogen) atoms. The molecule has 1 heterocycles. The van der Waals surface area contributed by atoms with Crippen LogP contribution in [0, 0.1) is 0 Å².